The Hall–Kier alpha value is -2.38. The van der Waals surface area contributed by atoms with Gasteiger partial charge in [0.2, 0.25) is 0 Å². The zero-order valence-corrected chi connectivity index (χ0v) is 14.3. The van der Waals surface area contributed by atoms with E-state index in [1.807, 2.05) is 0 Å². The van der Waals surface area contributed by atoms with Gasteiger partial charge in [0.05, 0.1) is 15.0 Å². The molecule has 0 aliphatic heterocycles. The zero-order valence-electron chi connectivity index (χ0n) is 11.9. The van der Waals surface area contributed by atoms with E-state index >= 15 is 0 Å². The topological polar surface area (TPSA) is 133 Å². The van der Waals surface area contributed by atoms with Gasteiger partial charge in [-0.2, -0.15) is 5.26 Å². The largest absolute Gasteiger partial charge is 0.506 e. The van der Waals surface area contributed by atoms with Crippen molar-refractivity contribution in [1.29, 1.82) is 5.26 Å². The van der Waals surface area contributed by atoms with Crippen LogP contribution in [0.5, 0.6) is 5.75 Å². The van der Waals surface area contributed by atoms with Gasteiger partial charge in [-0.1, -0.05) is 11.8 Å². The van der Waals surface area contributed by atoms with Crippen LogP contribution >= 0.6 is 27.7 Å². The van der Waals surface area contributed by atoms with Gasteiger partial charge in [-0.15, -0.1) is 0 Å². The molecule has 10 heteroatoms. The number of nitrogens with zero attached hydrogens (tertiary/aromatic N) is 3. The highest BCUT2D eigenvalue weighted by molar-refractivity contribution is 9.10. The molecule has 0 unspecified atom stereocenters. The first kappa shape index (κ1) is 17.0. The molecule has 0 saturated carbocycles. The summed E-state index contributed by atoms with van der Waals surface area (Å²) < 4.78 is 0.110. The number of nitro groups is 1. The van der Waals surface area contributed by atoms with Crippen LogP contribution in [-0.2, 0) is 0 Å². The number of hydrogen-bond acceptors (Lipinski definition) is 7. The first-order valence-electron chi connectivity index (χ1n) is 6.07. The number of phenols is 1. The summed E-state index contributed by atoms with van der Waals surface area (Å²) >= 11 is 4.22. The molecule has 1 aromatic carbocycles. The number of halogens is 1. The van der Waals surface area contributed by atoms with Crippen molar-refractivity contribution in [3.05, 3.63) is 42.1 Å². The number of hydrogen-bond donors (Lipinski definition) is 2. The SMILES string of the molecule is CSc1nc(-c2cc([N+](=O)[O-])c(C)c(Br)c2O)c(C#N)c(=O)[nH]1. The van der Waals surface area contributed by atoms with Gasteiger partial charge < -0.3 is 10.1 Å². The van der Waals surface area contributed by atoms with Crippen LogP contribution in [0, 0.1) is 28.4 Å². The number of nitriles is 1. The monoisotopic (exact) mass is 396 g/mol. The van der Waals surface area contributed by atoms with E-state index in [9.17, 15) is 25.3 Å². The highest BCUT2D eigenvalue weighted by Crippen LogP contribution is 2.42. The molecule has 0 atom stereocenters. The van der Waals surface area contributed by atoms with E-state index in [1.165, 1.54) is 6.92 Å². The van der Waals surface area contributed by atoms with Crippen LogP contribution in [0.4, 0.5) is 5.69 Å². The molecular weight excluding hydrogens is 388 g/mol. The third-order valence-electron chi connectivity index (χ3n) is 3.11. The van der Waals surface area contributed by atoms with Crippen molar-refractivity contribution >= 4 is 33.4 Å². The normalized spacial score (nSPS) is 10.3. The van der Waals surface area contributed by atoms with Crippen molar-refractivity contribution in [1.82, 2.24) is 9.97 Å². The Morgan fingerprint density at radius 1 is 1.57 bits per heavy atom. The second-order valence-corrected chi connectivity index (χ2v) is 5.99. The molecule has 0 aliphatic carbocycles. The molecular formula is C13H9BrN4O4S. The van der Waals surface area contributed by atoms with E-state index in [4.69, 9.17) is 0 Å². The van der Waals surface area contributed by atoms with Crippen molar-refractivity contribution in [2.75, 3.05) is 6.26 Å². The maximum Gasteiger partial charge on any atom is 0.274 e. The van der Waals surface area contributed by atoms with Gasteiger partial charge in [0.1, 0.15) is 23.1 Å². The fourth-order valence-electron chi connectivity index (χ4n) is 1.94. The first-order chi connectivity index (χ1) is 10.8. The van der Waals surface area contributed by atoms with Crippen LogP contribution in [0.3, 0.4) is 0 Å². The maximum absolute atomic E-state index is 11.9. The maximum atomic E-state index is 11.9. The summed E-state index contributed by atoms with van der Waals surface area (Å²) in [6, 6.07) is 2.81. The molecule has 0 saturated heterocycles. The van der Waals surface area contributed by atoms with Crippen molar-refractivity contribution in [2.45, 2.75) is 12.1 Å². The summed E-state index contributed by atoms with van der Waals surface area (Å²) in [4.78, 5) is 29.0. The molecule has 1 heterocycles. The number of aromatic nitrogens is 2. The summed E-state index contributed by atoms with van der Waals surface area (Å²) in [7, 11) is 0. The third kappa shape index (κ3) is 2.93. The van der Waals surface area contributed by atoms with Gasteiger partial charge in [-0.3, -0.25) is 14.9 Å². The molecule has 0 fully saturated rings. The second kappa shape index (κ2) is 6.39. The highest BCUT2D eigenvalue weighted by Gasteiger charge is 2.24. The number of thioether (sulfide) groups is 1. The number of nitro benzene ring substituents is 1. The third-order valence-corrected chi connectivity index (χ3v) is 4.66. The lowest BCUT2D eigenvalue weighted by Gasteiger charge is -2.10. The molecule has 2 rings (SSSR count). The lowest BCUT2D eigenvalue weighted by molar-refractivity contribution is -0.385. The molecule has 0 aliphatic rings. The van der Waals surface area contributed by atoms with E-state index in [0.29, 0.717) is 0 Å². The number of benzene rings is 1. The minimum absolute atomic E-state index is 0.0628. The molecule has 23 heavy (non-hydrogen) atoms. The minimum Gasteiger partial charge on any atom is -0.506 e. The molecule has 118 valence electrons. The second-order valence-electron chi connectivity index (χ2n) is 4.40. The number of phenolic OH excluding ortho intramolecular Hbond substituents is 1. The van der Waals surface area contributed by atoms with E-state index < -0.39 is 10.5 Å². The Bertz CT molecular complexity index is 920. The van der Waals surface area contributed by atoms with Crippen molar-refractivity contribution in [3.63, 3.8) is 0 Å². The predicted molar refractivity (Wildman–Crippen MR) is 87.5 cm³/mol. The Kier molecular flexibility index (Phi) is 4.72. The lowest BCUT2D eigenvalue weighted by atomic mass is 10.0. The molecule has 8 nitrogen and oxygen atoms in total. The predicted octanol–water partition coefficient (Wildman–Crippen LogP) is 2.72. The molecule has 2 N–H and O–H groups in total. The molecule has 0 amide bonds. The average molecular weight is 397 g/mol. The lowest BCUT2D eigenvalue weighted by Crippen LogP contribution is -2.14. The number of aromatic amines is 1. The molecule has 0 spiro atoms. The standard InChI is InChI=1S/C13H9BrN4O4S/c1-5-8(18(21)22)3-6(11(19)9(5)14)10-7(4-15)12(20)17-13(16-10)23-2/h3,19H,1-2H3,(H,16,17,20). The number of aromatic hydroxyl groups is 1. The highest BCUT2D eigenvalue weighted by atomic mass is 79.9. The van der Waals surface area contributed by atoms with Crippen LogP contribution in [0.15, 0.2) is 20.5 Å². The van der Waals surface area contributed by atoms with Crippen LogP contribution in [0.25, 0.3) is 11.3 Å². The molecule has 2 aromatic rings. The van der Waals surface area contributed by atoms with Gasteiger partial charge in [-0.25, -0.2) is 4.98 Å². The Labute approximate surface area is 142 Å². The van der Waals surface area contributed by atoms with Gasteiger partial charge in [0, 0.05) is 11.6 Å². The van der Waals surface area contributed by atoms with E-state index in [2.05, 4.69) is 25.9 Å². The zero-order chi connectivity index (χ0) is 17.3. The summed E-state index contributed by atoms with van der Waals surface area (Å²) in [5.41, 5.74) is -1.22. The molecule has 0 bridgehead atoms. The van der Waals surface area contributed by atoms with E-state index in [-0.39, 0.29) is 43.5 Å². The first-order valence-corrected chi connectivity index (χ1v) is 8.08. The fraction of sp³-hybridized carbons (Fsp3) is 0.154. The van der Waals surface area contributed by atoms with Crippen LogP contribution in [0.2, 0.25) is 0 Å². The molecule has 0 radical (unpaired) electrons. The van der Waals surface area contributed by atoms with Crippen LogP contribution < -0.4 is 5.56 Å². The van der Waals surface area contributed by atoms with Gasteiger partial charge >= 0.3 is 0 Å². The van der Waals surface area contributed by atoms with Crippen molar-refractivity contribution < 1.29 is 10.0 Å². The molecule has 1 aromatic heterocycles. The van der Waals surface area contributed by atoms with Gasteiger partial charge in [-0.05, 0) is 29.1 Å². The summed E-state index contributed by atoms with van der Waals surface area (Å²) in [6.45, 7) is 1.47. The number of rotatable bonds is 3. The van der Waals surface area contributed by atoms with Gasteiger partial charge in [0.25, 0.3) is 11.2 Å². The minimum atomic E-state index is -0.680. The van der Waals surface area contributed by atoms with E-state index in [0.717, 1.165) is 17.8 Å². The van der Waals surface area contributed by atoms with Gasteiger partial charge in [0.15, 0.2) is 5.16 Å². The summed E-state index contributed by atoms with van der Waals surface area (Å²) in [5.74, 6) is -0.324. The van der Waals surface area contributed by atoms with Crippen LogP contribution in [0.1, 0.15) is 11.1 Å². The fourth-order valence-corrected chi connectivity index (χ4v) is 2.73. The quantitative estimate of drug-likeness (QED) is 0.352. The summed E-state index contributed by atoms with van der Waals surface area (Å²) in [5, 5.41) is 30.8. The van der Waals surface area contributed by atoms with Crippen molar-refractivity contribution in [2.24, 2.45) is 0 Å². The Morgan fingerprint density at radius 3 is 2.74 bits per heavy atom. The Balaban J connectivity index is 2.93. The van der Waals surface area contributed by atoms with E-state index in [1.54, 1.807) is 12.3 Å². The Morgan fingerprint density at radius 2 is 2.22 bits per heavy atom. The van der Waals surface area contributed by atoms with Crippen LogP contribution in [-0.4, -0.2) is 26.3 Å². The number of nitrogens with one attached hydrogen (secondary N) is 1. The number of H-pyrrole nitrogens is 1. The smallest absolute Gasteiger partial charge is 0.274 e. The van der Waals surface area contributed by atoms with Crippen molar-refractivity contribution in [3.8, 4) is 23.1 Å². The summed E-state index contributed by atoms with van der Waals surface area (Å²) in [6.07, 6.45) is 1.67. The average Bonchev–Trinajstić information content (AvgIpc) is 2.51.